The van der Waals surface area contributed by atoms with E-state index in [9.17, 15) is 14.0 Å². The van der Waals surface area contributed by atoms with Crippen molar-refractivity contribution in [1.82, 2.24) is 14.5 Å². The van der Waals surface area contributed by atoms with Crippen molar-refractivity contribution in [2.75, 3.05) is 36.9 Å². The molecule has 27 heavy (non-hydrogen) atoms. The maximum Gasteiger partial charge on any atom is 0.324 e. The number of anilines is 2. The first-order valence-corrected chi connectivity index (χ1v) is 9.17. The molecule has 2 aromatic heterocycles. The Balaban J connectivity index is 1.69. The van der Waals surface area contributed by atoms with Crippen LogP contribution in [0, 0.1) is 5.92 Å². The smallest absolute Gasteiger partial charge is 0.324 e. The number of nitrogens with one attached hydrogen (secondary N) is 1. The second kappa shape index (κ2) is 6.71. The van der Waals surface area contributed by atoms with Gasteiger partial charge >= 0.3 is 6.03 Å². The van der Waals surface area contributed by atoms with E-state index in [-0.39, 0.29) is 17.5 Å². The number of halogens is 1. The Morgan fingerprint density at radius 2 is 2.22 bits per heavy atom. The summed E-state index contributed by atoms with van der Waals surface area (Å²) in [5, 5.41) is 7.46. The monoisotopic (exact) mass is 374 g/mol. The summed E-state index contributed by atoms with van der Waals surface area (Å²) in [4.78, 5) is 27.4. The third-order valence-electron chi connectivity index (χ3n) is 5.52. The van der Waals surface area contributed by atoms with Gasteiger partial charge in [-0.05, 0) is 18.9 Å². The maximum absolute atomic E-state index is 14.0. The molecule has 0 aromatic carbocycles. The Bertz CT molecular complexity index is 897. The van der Waals surface area contributed by atoms with E-state index in [1.165, 1.54) is 6.20 Å². The van der Waals surface area contributed by atoms with Gasteiger partial charge in [0.2, 0.25) is 0 Å². The highest BCUT2D eigenvalue weighted by Crippen LogP contribution is 2.32. The summed E-state index contributed by atoms with van der Waals surface area (Å²) in [6.07, 6.45) is 4.61. The van der Waals surface area contributed by atoms with Crippen LogP contribution in [0.2, 0.25) is 0 Å². The fourth-order valence-electron chi connectivity index (χ4n) is 3.90. The van der Waals surface area contributed by atoms with Crippen LogP contribution in [-0.4, -0.2) is 59.3 Å². The molecule has 1 aliphatic carbocycles. The largest absolute Gasteiger partial charge is 0.382 e. The normalized spacial score (nSPS) is 22.8. The fraction of sp³-hybridized carbons (Fsp3) is 0.500. The molecule has 9 heteroatoms. The number of likely N-dealkylation sites (N-methyl/N-ethyl adjacent to an activating group) is 1. The molecule has 2 aliphatic rings. The molecule has 0 spiro atoms. The number of hydrogen-bond acceptors (Lipinski definition) is 4. The SMILES string of the molecule is CN1CCN(c2cc3c(NC[C@@H]4CCC[C@@H]4F)c(C(N)=O)cnn3c2)C1=O. The van der Waals surface area contributed by atoms with Crippen LogP contribution >= 0.6 is 0 Å². The number of nitrogens with two attached hydrogens (primary N) is 1. The van der Waals surface area contributed by atoms with Crippen molar-refractivity contribution < 1.29 is 14.0 Å². The zero-order chi connectivity index (χ0) is 19.1. The minimum Gasteiger partial charge on any atom is -0.382 e. The van der Waals surface area contributed by atoms with Gasteiger partial charge in [0, 0.05) is 32.6 Å². The summed E-state index contributed by atoms with van der Waals surface area (Å²) in [6, 6.07) is 1.72. The van der Waals surface area contributed by atoms with E-state index in [1.807, 2.05) is 0 Å². The number of primary amides is 1. The molecule has 2 aromatic rings. The van der Waals surface area contributed by atoms with Crippen LogP contribution in [0.25, 0.3) is 5.52 Å². The molecular weight excluding hydrogens is 351 g/mol. The summed E-state index contributed by atoms with van der Waals surface area (Å²) in [6.45, 7) is 1.66. The first-order valence-electron chi connectivity index (χ1n) is 9.17. The molecule has 2 fully saturated rings. The zero-order valence-electron chi connectivity index (χ0n) is 15.2. The molecule has 3 amide bonds. The van der Waals surface area contributed by atoms with Crippen molar-refractivity contribution >= 4 is 28.8 Å². The van der Waals surface area contributed by atoms with Crippen molar-refractivity contribution in [1.29, 1.82) is 0 Å². The number of hydrogen-bond donors (Lipinski definition) is 2. The molecule has 144 valence electrons. The molecule has 0 unspecified atom stereocenters. The number of nitrogens with zero attached hydrogens (tertiary/aromatic N) is 4. The van der Waals surface area contributed by atoms with E-state index in [1.54, 1.807) is 33.6 Å². The average molecular weight is 374 g/mol. The van der Waals surface area contributed by atoms with Gasteiger partial charge in [0.05, 0.1) is 34.8 Å². The molecule has 8 nitrogen and oxygen atoms in total. The topological polar surface area (TPSA) is 96.0 Å². The highest BCUT2D eigenvalue weighted by Gasteiger charge is 2.29. The lowest BCUT2D eigenvalue weighted by atomic mass is 10.1. The van der Waals surface area contributed by atoms with E-state index in [2.05, 4.69) is 10.4 Å². The summed E-state index contributed by atoms with van der Waals surface area (Å²) < 4.78 is 15.6. The average Bonchev–Trinajstić information content (AvgIpc) is 3.32. The number of carbonyl (C=O) groups excluding carboxylic acids is 2. The van der Waals surface area contributed by atoms with Gasteiger partial charge in [-0.2, -0.15) is 5.10 Å². The fourth-order valence-corrected chi connectivity index (χ4v) is 3.90. The highest BCUT2D eigenvalue weighted by atomic mass is 19.1. The van der Waals surface area contributed by atoms with Crippen molar-refractivity contribution in [2.24, 2.45) is 11.7 Å². The molecule has 0 radical (unpaired) electrons. The van der Waals surface area contributed by atoms with Gasteiger partial charge in [-0.3, -0.25) is 9.69 Å². The van der Waals surface area contributed by atoms with Gasteiger partial charge in [0.25, 0.3) is 5.91 Å². The van der Waals surface area contributed by atoms with Gasteiger partial charge in [-0.1, -0.05) is 6.42 Å². The minimum absolute atomic E-state index is 0.0813. The first-order chi connectivity index (χ1) is 13.0. The van der Waals surface area contributed by atoms with Gasteiger partial charge in [-0.25, -0.2) is 13.7 Å². The van der Waals surface area contributed by atoms with Crippen LogP contribution in [0.5, 0.6) is 0 Å². The lowest BCUT2D eigenvalue weighted by Gasteiger charge is -2.17. The van der Waals surface area contributed by atoms with Crippen LogP contribution in [0.3, 0.4) is 0 Å². The number of rotatable bonds is 5. The van der Waals surface area contributed by atoms with E-state index >= 15 is 0 Å². The predicted molar refractivity (Wildman–Crippen MR) is 99.8 cm³/mol. The molecule has 2 atom stereocenters. The van der Waals surface area contributed by atoms with Gasteiger partial charge < -0.3 is 16.0 Å². The van der Waals surface area contributed by atoms with Crippen molar-refractivity contribution in [3.8, 4) is 0 Å². The summed E-state index contributed by atoms with van der Waals surface area (Å²) >= 11 is 0. The second-order valence-corrected chi connectivity index (χ2v) is 7.27. The van der Waals surface area contributed by atoms with Crippen LogP contribution < -0.4 is 16.0 Å². The lowest BCUT2D eigenvalue weighted by Crippen LogP contribution is -2.28. The van der Waals surface area contributed by atoms with E-state index in [4.69, 9.17) is 5.73 Å². The van der Waals surface area contributed by atoms with Crippen molar-refractivity contribution in [2.45, 2.75) is 25.4 Å². The third-order valence-corrected chi connectivity index (χ3v) is 5.52. The van der Waals surface area contributed by atoms with E-state index in [0.717, 1.165) is 12.8 Å². The summed E-state index contributed by atoms with van der Waals surface area (Å²) in [7, 11) is 1.75. The summed E-state index contributed by atoms with van der Waals surface area (Å²) in [5.41, 5.74) is 7.63. The van der Waals surface area contributed by atoms with Crippen LogP contribution in [0.1, 0.15) is 29.6 Å². The number of carbonyl (C=O) groups is 2. The van der Waals surface area contributed by atoms with Crippen LogP contribution in [0.4, 0.5) is 20.6 Å². The predicted octanol–water partition coefficient (Wildman–Crippen LogP) is 1.86. The molecule has 4 rings (SSSR count). The molecule has 0 bridgehead atoms. The molecule has 1 saturated carbocycles. The number of fused-ring (bicyclic) bond motifs is 1. The molecule has 1 saturated heterocycles. The number of urea groups is 1. The first kappa shape index (κ1) is 17.6. The van der Waals surface area contributed by atoms with Crippen LogP contribution in [0.15, 0.2) is 18.5 Å². The van der Waals surface area contributed by atoms with E-state index in [0.29, 0.717) is 42.9 Å². The second-order valence-electron chi connectivity index (χ2n) is 7.27. The number of amides is 3. The quantitative estimate of drug-likeness (QED) is 0.835. The lowest BCUT2D eigenvalue weighted by molar-refractivity contribution is 0.100. The summed E-state index contributed by atoms with van der Waals surface area (Å²) in [5.74, 6) is -0.683. The van der Waals surface area contributed by atoms with Crippen molar-refractivity contribution in [3.05, 3.63) is 24.0 Å². The highest BCUT2D eigenvalue weighted by molar-refractivity contribution is 6.03. The molecule has 3 N–H and O–H groups in total. The molecular formula is C18H23FN6O2. The standard InChI is InChI=1S/C18H23FN6O2/c1-23-5-6-24(18(23)27)12-7-15-16(21-8-11-3-2-4-14(11)19)13(17(20)26)9-22-25(15)10-12/h7,9-11,14,21H,2-6,8H2,1H3,(H2,20,26)/t11-,14-/m0/s1. The molecule has 1 aliphatic heterocycles. The molecule has 3 heterocycles. The van der Waals surface area contributed by atoms with Crippen LogP contribution in [-0.2, 0) is 0 Å². The number of alkyl halides is 1. The van der Waals surface area contributed by atoms with Gasteiger partial charge in [-0.15, -0.1) is 0 Å². The Kier molecular flexibility index (Phi) is 4.37. The minimum atomic E-state index is -0.826. The third kappa shape index (κ3) is 3.07. The number of aromatic nitrogens is 2. The Hall–Kier alpha value is -2.84. The van der Waals surface area contributed by atoms with Crippen molar-refractivity contribution in [3.63, 3.8) is 0 Å². The van der Waals surface area contributed by atoms with E-state index < -0.39 is 12.1 Å². The zero-order valence-corrected chi connectivity index (χ0v) is 15.2. The van der Waals surface area contributed by atoms with Gasteiger partial charge in [0.1, 0.15) is 6.17 Å². The van der Waals surface area contributed by atoms with Gasteiger partial charge in [0.15, 0.2) is 0 Å². The Labute approximate surface area is 156 Å². The Morgan fingerprint density at radius 3 is 2.85 bits per heavy atom. The maximum atomic E-state index is 14.0. The Morgan fingerprint density at radius 1 is 1.41 bits per heavy atom.